The molecule has 38 valence electrons. The molecule has 0 atom stereocenters. The van der Waals surface area contributed by atoms with Crippen molar-refractivity contribution in [3.05, 3.63) is 17.8 Å². The van der Waals surface area contributed by atoms with E-state index in [2.05, 4.69) is 6.54 Å². The molecule has 1 heterocycles. The van der Waals surface area contributed by atoms with Crippen molar-refractivity contribution in [1.82, 2.24) is 4.90 Å². The van der Waals surface area contributed by atoms with E-state index in [1.165, 1.54) is 0 Å². The van der Waals surface area contributed by atoms with Crippen molar-refractivity contribution < 1.29 is 0 Å². The smallest absolute Gasteiger partial charge is 0.0959 e. The molecule has 0 amide bonds. The van der Waals surface area contributed by atoms with Crippen LogP contribution in [0, 0.1) is 6.54 Å². The minimum atomic E-state index is 0.776. The summed E-state index contributed by atoms with van der Waals surface area (Å²) in [6.07, 6.45) is 2.62. The van der Waals surface area contributed by atoms with Crippen molar-refractivity contribution in [3.8, 4) is 0 Å². The average Bonchev–Trinajstić information content (AvgIpc) is 1.87. The van der Waals surface area contributed by atoms with Crippen LogP contribution in [0.4, 0.5) is 0 Å². The number of rotatable bonds is 0. The van der Waals surface area contributed by atoms with E-state index in [1.54, 1.807) is 0 Å². The van der Waals surface area contributed by atoms with E-state index in [1.807, 2.05) is 18.1 Å². The van der Waals surface area contributed by atoms with Gasteiger partial charge in [-0.2, -0.15) is 0 Å². The summed E-state index contributed by atoms with van der Waals surface area (Å²) >= 11 is 5.56. The van der Waals surface area contributed by atoms with Crippen LogP contribution in [0.2, 0.25) is 0 Å². The van der Waals surface area contributed by atoms with Gasteiger partial charge in [-0.25, -0.2) is 0 Å². The maximum Gasteiger partial charge on any atom is 0.0959 e. The molecule has 1 nitrogen and oxygen atoms in total. The van der Waals surface area contributed by atoms with Gasteiger partial charge in [0.15, 0.2) is 0 Å². The Kier molecular flexibility index (Phi) is 1.24. The fraction of sp³-hybridized carbons (Fsp3) is 0.400. The summed E-state index contributed by atoms with van der Waals surface area (Å²) < 4.78 is 0. The molecule has 0 aromatic carbocycles. The molecule has 0 N–H and O–H groups in total. The molecule has 0 aromatic heterocycles. The minimum Gasteiger partial charge on any atom is -0.368 e. The van der Waals surface area contributed by atoms with Gasteiger partial charge in [0.1, 0.15) is 0 Å². The predicted octanol–water partition coefficient (Wildman–Crippen LogP) is 1.44. The van der Waals surface area contributed by atoms with Crippen molar-refractivity contribution in [2.75, 3.05) is 7.05 Å². The van der Waals surface area contributed by atoms with E-state index in [9.17, 15) is 0 Å². The van der Waals surface area contributed by atoms with Crippen LogP contribution in [0.5, 0.6) is 0 Å². The van der Waals surface area contributed by atoms with Gasteiger partial charge >= 0.3 is 0 Å². The Bertz CT molecular complexity index is 98.3. The maximum atomic E-state index is 5.56. The van der Waals surface area contributed by atoms with Crippen molar-refractivity contribution in [3.63, 3.8) is 0 Å². The van der Waals surface area contributed by atoms with Gasteiger partial charge in [-0.15, -0.1) is 0 Å². The van der Waals surface area contributed by atoms with Crippen LogP contribution in [-0.2, 0) is 0 Å². The first-order valence-corrected chi connectivity index (χ1v) is 2.49. The second-order valence-electron chi connectivity index (χ2n) is 1.52. The summed E-state index contributed by atoms with van der Waals surface area (Å²) in [4.78, 5) is 1.84. The van der Waals surface area contributed by atoms with E-state index < -0.39 is 0 Å². The van der Waals surface area contributed by atoms with Crippen LogP contribution >= 0.6 is 11.6 Å². The molecule has 1 rings (SSSR count). The third-order valence-electron chi connectivity index (χ3n) is 0.831. The van der Waals surface area contributed by atoms with E-state index >= 15 is 0 Å². The van der Waals surface area contributed by atoms with Crippen LogP contribution in [0.15, 0.2) is 11.2 Å². The Morgan fingerprint density at radius 2 is 2.71 bits per heavy atom. The first-order valence-electron chi connectivity index (χ1n) is 2.11. The van der Waals surface area contributed by atoms with Crippen molar-refractivity contribution in [2.45, 2.75) is 6.42 Å². The van der Waals surface area contributed by atoms with Gasteiger partial charge in [-0.1, -0.05) is 11.6 Å². The number of halogens is 1. The Balaban J connectivity index is 2.50. The third kappa shape index (κ3) is 1.10. The molecule has 1 aliphatic rings. The first-order chi connectivity index (χ1) is 3.29. The van der Waals surface area contributed by atoms with Crippen LogP contribution < -0.4 is 0 Å². The number of hydrogen-bond acceptors (Lipinski definition) is 1. The highest BCUT2D eigenvalue weighted by Crippen LogP contribution is 2.18. The zero-order valence-corrected chi connectivity index (χ0v) is 4.87. The fourth-order valence-electron chi connectivity index (χ4n) is 0.502. The quantitative estimate of drug-likeness (QED) is 0.462. The highest BCUT2D eigenvalue weighted by Gasteiger charge is 2.05. The predicted molar refractivity (Wildman–Crippen MR) is 29.6 cm³/mol. The molecule has 0 unspecified atom stereocenters. The zero-order valence-electron chi connectivity index (χ0n) is 4.11. The Morgan fingerprint density at radius 3 is 2.86 bits per heavy atom. The van der Waals surface area contributed by atoms with E-state index in [4.69, 9.17) is 11.6 Å². The summed E-state index contributed by atoms with van der Waals surface area (Å²) in [6.45, 7) is 2.98. The lowest BCUT2D eigenvalue weighted by molar-refractivity contribution is 0.575. The third-order valence-corrected chi connectivity index (χ3v) is 1.06. The van der Waals surface area contributed by atoms with Gasteiger partial charge in [0, 0.05) is 24.7 Å². The van der Waals surface area contributed by atoms with Gasteiger partial charge in [0.25, 0.3) is 0 Å². The second-order valence-corrected chi connectivity index (χ2v) is 2.01. The van der Waals surface area contributed by atoms with Crippen LogP contribution in [0.3, 0.4) is 0 Å². The summed E-state index contributed by atoms with van der Waals surface area (Å²) in [7, 11) is 1.91. The normalized spacial score (nSPS) is 20.3. The van der Waals surface area contributed by atoms with E-state index in [0.717, 1.165) is 11.5 Å². The van der Waals surface area contributed by atoms with Crippen LogP contribution in [0.25, 0.3) is 0 Å². The summed E-state index contributed by atoms with van der Waals surface area (Å²) in [6, 6.07) is 0. The highest BCUT2D eigenvalue weighted by atomic mass is 35.5. The summed E-state index contributed by atoms with van der Waals surface area (Å²) in [5, 5.41) is 0.863. The molecular formula is C5H6ClN. The van der Waals surface area contributed by atoms with Gasteiger partial charge in [-0.3, -0.25) is 0 Å². The summed E-state index contributed by atoms with van der Waals surface area (Å²) in [5.74, 6) is 0. The minimum absolute atomic E-state index is 0.776. The molecule has 2 heteroatoms. The maximum absolute atomic E-state index is 5.56. The SMILES string of the molecule is CN1[C]CC(Cl)=C1. The topological polar surface area (TPSA) is 3.24 Å². The Morgan fingerprint density at radius 1 is 2.00 bits per heavy atom. The number of nitrogens with zero attached hydrogens (tertiary/aromatic N) is 1. The van der Waals surface area contributed by atoms with Gasteiger partial charge in [0.05, 0.1) is 6.54 Å². The molecule has 0 aromatic rings. The Labute approximate surface area is 48.6 Å². The average molecular weight is 116 g/mol. The molecule has 7 heavy (non-hydrogen) atoms. The lowest BCUT2D eigenvalue weighted by Crippen LogP contribution is -1.98. The van der Waals surface area contributed by atoms with Crippen molar-refractivity contribution in [2.24, 2.45) is 0 Å². The number of hydrogen-bond donors (Lipinski definition) is 0. The monoisotopic (exact) mass is 115 g/mol. The van der Waals surface area contributed by atoms with Gasteiger partial charge < -0.3 is 4.90 Å². The molecule has 0 fully saturated rings. The van der Waals surface area contributed by atoms with Crippen LogP contribution in [0.1, 0.15) is 6.42 Å². The zero-order chi connectivity index (χ0) is 5.28. The molecule has 0 saturated heterocycles. The van der Waals surface area contributed by atoms with Crippen molar-refractivity contribution in [1.29, 1.82) is 0 Å². The molecule has 0 spiro atoms. The lowest BCUT2D eigenvalue weighted by atomic mass is 10.5. The molecule has 2 radical (unpaired) electrons. The standard InChI is InChI=1S/C5H6ClN/c1-7-3-2-5(6)4-7/h4H,2H2,1H3. The largest absolute Gasteiger partial charge is 0.368 e. The molecule has 0 saturated carbocycles. The van der Waals surface area contributed by atoms with E-state index in [-0.39, 0.29) is 0 Å². The lowest BCUT2D eigenvalue weighted by Gasteiger charge is -1.99. The molecule has 1 aliphatic heterocycles. The molecule has 0 bridgehead atoms. The van der Waals surface area contributed by atoms with Gasteiger partial charge in [-0.05, 0) is 0 Å². The first kappa shape index (κ1) is 4.98. The van der Waals surface area contributed by atoms with Crippen LogP contribution in [-0.4, -0.2) is 11.9 Å². The van der Waals surface area contributed by atoms with Crippen molar-refractivity contribution >= 4 is 11.6 Å². The fourth-order valence-corrected chi connectivity index (χ4v) is 0.708. The highest BCUT2D eigenvalue weighted by molar-refractivity contribution is 6.29. The molecule has 0 aliphatic carbocycles. The second kappa shape index (κ2) is 1.74. The molecular weight excluding hydrogens is 110 g/mol. The summed E-state index contributed by atoms with van der Waals surface area (Å²) in [5.41, 5.74) is 0. The Hall–Kier alpha value is -0.170. The van der Waals surface area contributed by atoms with Gasteiger partial charge in [0.2, 0.25) is 0 Å². The van der Waals surface area contributed by atoms with E-state index in [0.29, 0.717) is 0 Å².